The minimum atomic E-state index is -4.41. The van der Waals surface area contributed by atoms with Gasteiger partial charge in [-0.25, -0.2) is 4.68 Å². The summed E-state index contributed by atoms with van der Waals surface area (Å²) in [6.07, 6.45) is -4.41. The van der Waals surface area contributed by atoms with E-state index in [1.807, 2.05) is 30.3 Å². The van der Waals surface area contributed by atoms with E-state index in [0.717, 1.165) is 17.7 Å². The van der Waals surface area contributed by atoms with E-state index in [2.05, 4.69) is 15.6 Å². The fraction of sp³-hybridized carbons (Fsp3) is 0.318. The Morgan fingerprint density at radius 3 is 2.27 bits per heavy atom. The first-order valence-electron chi connectivity index (χ1n) is 9.51. The summed E-state index contributed by atoms with van der Waals surface area (Å²) in [7, 11) is 0. The molecule has 0 aliphatic carbocycles. The third kappa shape index (κ3) is 4.53. The smallest absolute Gasteiger partial charge is 0.344 e. The highest BCUT2D eigenvalue weighted by molar-refractivity contribution is 5.93. The Kier molecular flexibility index (Phi) is 5.96. The van der Waals surface area contributed by atoms with Crippen LogP contribution < -0.4 is 5.32 Å². The average Bonchev–Trinajstić information content (AvgIpc) is 3.01. The minimum absolute atomic E-state index is 0.194. The van der Waals surface area contributed by atoms with E-state index < -0.39 is 23.7 Å². The molecule has 1 heterocycles. The van der Waals surface area contributed by atoms with Gasteiger partial charge in [0.2, 0.25) is 0 Å². The van der Waals surface area contributed by atoms with Gasteiger partial charge in [0.25, 0.3) is 5.91 Å². The lowest BCUT2D eigenvalue weighted by Gasteiger charge is -2.20. The first-order valence-corrected chi connectivity index (χ1v) is 9.51. The summed E-state index contributed by atoms with van der Waals surface area (Å²) in [5.74, 6) is -0.419. The molecule has 1 amide bonds. The lowest BCUT2D eigenvalue weighted by molar-refractivity contribution is -0.137. The number of aryl methyl sites for hydroxylation is 2. The summed E-state index contributed by atoms with van der Waals surface area (Å²) < 4.78 is 40.7. The van der Waals surface area contributed by atoms with Crippen LogP contribution >= 0.6 is 0 Å². The van der Waals surface area contributed by atoms with E-state index in [1.54, 1.807) is 32.4 Å². The molecule has 3 aromatic rings. The van der Waals surface area contributed by atoms with Crippen LogP contribution in [0.4, 0.5) is 13.2 Å². The molecule has 0 bridgehead atoms. The van der Waals surface area contributed by atoms with Crippen molar-refractivity contribution in [1.82, 2.24) is 20.3 Å². The van der Waals surface area contributed by atoms with Gasteiger partial charge in [-0.05, 0) is 62.1 Å². The van der Waals surface area contributed by atoms with Crippen LogP contribution in [0.1, 0.15) is 57.0 Å². The number of benzene rings is 2. The van der Waals surface area contributed by atoms with Crippen molar-refractivity contribution in [2.45, 2.75) is 46.5 Å². The lowest BCUT2D eigenvalue weighted by Crippen LogP contribution is -2.29. The van der Waals surface area contributed by atoms with E-state index in [4.69, 9.17) is 0 Å². The highest BCUT2D eigenvalue weighted by Crippen LogP contribution is 2.33. The van der Waals surface area contributed by atoms with Crippen LogP contribution in [-0.2, 0) is 12.7 Å². The Bertz CT molecular complexity index is 1030. The number of hydrogen-bond acceptors (Lipinski definition) is 3. The second-order valence-corrected chi connectivity index (χ2v) is 7.38. The number of alkyl halides is 3. The second kappa shape index (κ2) is 8.30. The summed E-state index contributed by atoms with van der Waals surface area (Å²) >= 11 is 0. The molecule has 2 aromatic carbocycles. The number of amides is 1. The van der Waals surface area contributed by atoms with Gasteiger partial charge in [0, 0.05) is 0 Å². The van der Waals surface area contributed by atoms with Crippen molar-refractivity contribution in [3.8, 4) is 0 Å². The zero-order valence-corrected chi connectivity index (χ0v) is 17.2. The normalized spacial score (nSPS) is 12.6. The molecular weight excluding hydrogens is 393 g/mol. The standard InChI is InChI=1S/C22H23F3N4O/c1-13-10-18(22(23,24)25)11-14(2)19(13)15(3)26-21(30)20-16(4)29(28-27-20)12-17-8-6-5-7-9-17/h5-11,15H,12H2,1-4H3,(H,26,30). The molecule has 3 rings (SSSR count). The van der Waals surface area contributed by atoms with Gasteiger partial charge in [0.1, 0.15) is 0 Å². The zero-order valence-electron chi connectivity index (χ0n) is 17.2. The predicted octanol–water partition coefficient (Wildman–Crippen LogP) is 4.76. The van der Waals surface area contributed by atoms with Gasteiger partial charge in [-0.1, -0.05) is 35.5 Å². The van der Waals surface area contributed by atoms with Crippen molar-refractivity contribution >= 4 is 5.91 Å². The Labute approximate surface area is 172 Å². The van der Waals surface area contributed by atoms with Crippen LogP contribution in [0.2, 0.25) is 0 Å². The Morgan fingerprint density at radius 2 is 1.70 bits per heavy atom. The molecule has 1 unspecified atom stereocenters. The molecule has 1 atom stereocenters. The van der Waals surface area contributed by atoms with Crippen LogP contribution in [0.15, 0.2) is 42.5 Å². The summed E-state index contributed by atoms with van der Waals surface area (Å²) in [6, 6.07) is 11.4. The predicted molar refractivity (Wildman–Crippen MR) is 107 cm³/mol. The average molecular weight is 416 g/mol. The van der Waals surface area contributed by atoms with Gasteiger partial charge >= 0.3 is 6.18 Å². The molecule has 1 N–H and O–H groups in total. The van der Waals surface area contributed by atoms with Crippen LogP contribution in [0.5, 0.6) is 0 Å². The Hall–Kier alpha value is -3.16. The van der Waals surface area contributed by atoms with Gasteiger partial charge in [0.15, 0.2) is 5.69 Å². The Morgan fingerprint density at radius 1 is 1.10 bits per heavy atom. The quantitative estimate of drug-likeness (QED) is 0.652. The van der Waals surface area contributed by atoms with Gasteiger partial charge in [-0.3, -0.25) is 4.79 Å². The van der Waals surface area contributed by atoms with Crippen LogP contribution in [-0.4, -0.2) is 20.9 Å². The zero-order chi connectivity index (χ0) is 22.1. The minimum Gasteiger partial charge on any atom is -0.344 e. The molecule has 30 heavy (non-hydrogen) atoms. The lowest BCUT2D eigenvalue weighted by atomic mass is 9.94. The molecule has 0 saturated carbocycles. The number of hydrogen-bond donors (Lipinski definition) is 1. The third-order valence-electron chi connectivity index (χ3n) is 5.07. The van der Waals surface area contributed by atoms with E-state index >= 15 is 0 Å². The monoisotopic (exact) mass is 416 g/mol. The molecule has 0 fully saturated rings. The maximum Gasteiger partial charge on any atom is 0.416 e. The van der Waals surface area contributed by atoms with Crippen LogP contribution in [0.3, 0.4) is 0 Å². The second-order valence-electron chi connectivity index (χ2n) is 7.38. The molecule has 158 valence electrons. The molecule has 0 radical (unpaired) electrons. The first kappa shape index (κ1) is 21.5. The molecule has 5 nitrogen and oxygen atoms in total. The van der Waals surface area contributed by atoms with Crippen molar-refractivity contribution < 1.29 is 18.0 Å². The summed E-state index contributed by atoms with van der Waals surface area (Å²) in [4.78, 5) is 12.8. The molecule has 0 spiro atoms. The number of nitrogens with zero attached hydrogens (tertiary/aromatic N) is 3. The third-order valence-corrected chi connectivity index (χ3v) is 5.07. The Balaban J connectivity index is 1.78. The highest BCUT2D eigenvalue weighted by atomic mass is 19.4. The van der Waals surface area contributed by atoms with Gasteiger partial charge in [-0.15, -0.1) is 5.10 Å². The molecule has 8 heteroatoms. The summed E-state index contributed by atoms with van der Waals surface area (Å²) in [5, 5.41) is 10.9. The molecule has 0 aliphatic heterocycles. The number of carbonyl (C=O) groups excluding carboxylic acids is 1. The fourth-order valence-corrected chi connectivity index (χ4v) is 3.64. The molecule has 0 saturated heterocycles. The topological polar surface area (TPSA) is 59.8 Å². The highest BCUT2D eigenvalue weighted by Gasteiger charge is 2.32. The number of aromatic nitrogens is 3. The largest absolute Gasteiger partial charge is 0.416 e. The van der Waals surface area contributed by atoms with Crippen molar-refractivity contribution in [2.24, 2.45) is 0 Å². The van der Waals surface area contributed by atoms with Crippen molar-refractivity contribution in [3.05, 3.63) is 81.7 Å². The van der Waals surface area contributed by atoms with E-state index in [-0.39, 0.29) is 5.69 Å². The van der Waals surface area contributed by atoms with Crippen molar-refractivity contribution in [2.75, 3.05) is 0 Å². The summed E-state index contributed by atoms with van der Waals surface area (Å²) in [5.41, 5.74) is 2.75. The van der Waals surface area contributed by atoms with E-state index in [9.17, 15) is 18.0 Å². The first-order chi connectivity index (χ1) is 14.1. The van der Waals surface area contributed by atoms with Gasteiger partial charge < -0.3 is 5.32 Å². The molecular formula is C22H23F3N4O. The molecule has 0 aliphatic rings. The maximum atomic E-state index is 13.0. The van der Waals surface area contributed by atoms with Crippen molar-refractivity contribution in [1.29, 1.82) is 0 Å². The summed E-state index contributed by atoms with van der Waals surface area (Å²) in [6.45, 7) is 7.21. The maximum absolute atomic E-state index is 13.0. The number of nitrogens with one attached hydrogen (secondary N) is 1. The van der Waals surface area contributed by atoms with E-state index in [0.29, 0.717) is 28.9 Å². The number of rotatable bonds is 5. The van der Waals surface area contributed by atoms with Crippen LogP contribution in [0, 0.1) is 20.8 Å². The fourth-order valence-electron chi connectivity index (χ4n) is 3.64. The number of halogens is 3. The SMILES string of the molecule is Cc1cc(C(F)(F)F)cc(C)c1C(C)NC(=O)c1nnn(Cc2ccccc2)c1C. The van der Waals surface area contributed by atoms with Crippen molar-refractivity contribution in [3.63, 3.8) is 0 Å². The van der Waals surface area contributed by atoms with Crippen LogP contribution in [0.25, 0.3) is 0 Å². The van der Waals surface area contributed by atoms with Gasteiger partial charge in [-0.2, -0.15) is 13.2 Å². The number of carbonyl (C=O) groups is 1. The van der Waals surface area contributed by atoms with Gasteiger partial charge in [0.05, 0.1) is 23.8 Å². The van der Waals surface area contributed by atoms with E-state index in [1.165, 1.54) is 0 Å². The molecule has 1 aromatic heterocycles.